The summed E-state index contributed by atoms with van der Waals surface area (Å²) in [7, 11) is 0. The van der Waals surface area contributed by atoms with Crippen LogP contribution in [0.25, 0.3) is 0 Å². The lowest BCUT2D eigenvalue weighted by Crippen LogP contribution is -2.52. The number of rotatable bonds is 2. The Hall–Kier alpha value is -1.42. The van der Waals surface area contributed by atoms with Crippen molar-refractivity contribution in [3.63, 3.8) is 0 Å². The number of carbonyl (C=O) groups is 1. The summed E-state index contributed by atoms with van der Waals surface area (Å²) in [5.41, 5.74) is 0.159. The van der Waals surface area contributed by atoms with Crippen LogP contribution in [0.15, 0.2) is 24.5 Å². The summed E-state index contributed by atoms with van der Waals surface area (Å²) in [6.07, 6.45) is 4.67. The second-order valence-corrected chi connectivity index (χ2v) is 6.29. The lowest BCUT2D eigenvalue weighted by atomic mass is 9.72. The van der Waals surface area contributed by atoms with Crippen LogP contribution in [0.2, 0.25) is 0 Å². The summed E-state index contributed by atoms with van der Waals surface area (Å²) >= 11 is 0. The number of carboxylic acids is 1. The van der Waals surface area contributed by atoms with E-state index in [1.807, 2.05) is 12.1 Å². The molecule has 0 radical (unpaired) electrons. The zero-order chi connectivity index (χ0) is 14.1. The number of hydrogen-bond donors (Lipinski definition) is 1. The van der Waals surface area contributed by atoms with Crippen molar-refractivity contribution in [1.29, 1.82) is 0 Å². The molecule has 1 N–H and O–H groups in total. The molecule has 0 aromatic carbocycles. The van der Waals surface area contributed by atoms with Crippen LogP contribution in [0.5, 0.6) is 0 Å². The molecule has 1 aliphatic heterocycles. The standard InChI is InChI=1S/C15H22N2O2/c1-14(2,3)17-9-6-15(7-10-17,13(18)19)12-5-4-8-16-11-12/h4-5,8,11H,6-7,9-10H2,1-3H3,(H,18,19). The van der Waals surface area contributed by atoms with E-state index in [4.69, 9.17) is 0 Å². The van der Waals surface area contributed by atoms with Gasteiger partial charge in [0.25, 0.3) is 0 Å². The number of aliphatic carboxylic acids is 1. The van der Waals surface area contributed by atoms with E-state index >= 15 is 0 Å². The molecule has 4 nitrogen and oxygen atoms in total. The van der Waals surface area contributed by atoms with E-state index in [9.17, 15) is 9.90 Å². The normalized spacial score (nSPS) is 20.2. The molecule has 0 atom stereocenters. The Balaban J connectivity index is 2.24. The first-order chi connectivity index (χ1) is 8.86. The van der Waals surface area contributed by atoms with E-state index in [0.29, 0.717) is 12.8 Å². The van der Waals surface area contributed by atoms with Crippen LogP contribution in [-0.2, 0) is 10.2 Å². The Labute approximate surface area is 114 Å². The highest BCUT2D eigenvalue weighted by Crippen LogP contribution is 2.37. The van der Waals surface area contributed by atoms with E-state index in [-0.39, 0.29) is 5.54 Å². The van der Waals surface area contributed by atoms with Crippen molar-refractivity contribution >= 4 is 5.97 Å². The van der Waals surface area contributed by atoms with Crippen LogP contribution in [0.3, 0.4) is 0 Å². The molecule has 0 saturated carbocycles. The van der Waals surface area contributed by atoms with Crippen molar-refractivity contribution in [2.45, 2.75) is 44.6 Å². The van der Waals surface area contributed by atoms with E-state index in [1.165, 1.54) is 0 Å². The first-order valence-electron chi connectivity index (χ1n) is 6.75. The fraction of sp³-hybridized carbons (Fsp3) is 0.600. The average Bonchev–Trinajstić information content (AvgIpc) is 2.38. The predicted molar refractivity (Wildman–Crippen MR) is 74.1 cm³/mol. The molecule has 2 rings (SSSR count). The molecule has 19 heavy (non-hydrogen) atoms. The van der Waals surface area contributed by atoms with Crippen molar-refractivity contribution in [2.24, 2.45) is 0 Å². The first kappa shape index (κ1) is 14.0. The Kier molecular flexibility index (Phi) is 3.63. The van der Waals surface area contributed by atoms with Crippen LogP contribution in [-0.4, -0.2) is 39.6 Å². The van der Waals surface area contributed by atoms with Gasteiger partial charge in [0.2, 0.25) is 0 Å². The minimum absolute atomic E-state index is 0.0968. The average molecular weight is 262 g/mol. The van der Waals surface area contributed by atoms with Crippen molar-refractivity contribution in [2.75, 3.05) is 13.1 Å². The molecule has 0 spiro atoms. The number of nitrogens with zero attached hydrogens (tertiary/aromatic N) is 2. The zero-order valence-corrected chi connectivity index (χ0v) is 11.9. The molecule has 1 aromatic rings. The topological polar surface area (TPSA) is 53.4 Å². The molecule has 4 heteroatoms. The number of hydrogen-bond acceptors (Lipinski definition) is 3. The monoisotopic (exact) mass is 262 g/mol. The van der Waals surface area contributed by atoms with Gasteiger partial charge in [-0.2, -0.15) is 0 Å². The molecule has 1 aromatic heterocycles. The van der Waals surface area contributed by atoms with Crippen molar-refractivity contribution < 1.29 is 9.90 Å². The van der Waals surface area contributed by atoms with Gasteiger partial charge < -0.3 is 5.11 Å². The largest absolute Gasteiger partial charge is 0.481 e. The number of likely N-dealkylation sites (tertiary alicyclic amines) is 1. The molecule has 0 aliphatic carbocycles. The van der Waals surface area contributed by atoms with Gasteiger partial charge in [0.15, 0.2) is 0 Å². The smallest absolute Gasteiger partial charge is 0.314 e. The third-order valence-corrected chi connectivity index (χ3v) is 4.19. The number of piperidine rings is 1. The molecular formula is C15H22N2O2. The maximum Gasteiger partial charge on any atom is 0.314 e. The molecule has 104 valence electrons. The van der Waals surface area contributed by atoms with Crippen LogP contribution < -0.4 is 0 Å². The van der Waals surface area contributed by atoms with Crippen LogP contribution in [0.4, 0.5) is 0 Å². The summed E-state index contributed by atoms with van der Waals surface area (Å²) in [5.74, 6) is -0.728. The predicted octanol–water partition coefficient (Wildman–Crippen LogP) is 2.30. The minimum atomic E-state index is -0.768. The molecule has 0 unspecified atom stereocenters. The van der Waals surface area contributed by atoms with E-state index in [1.54, 1.807) is 12.4 Å². The molecule has 2 heterocycles. The molecule has 1 aliphatic rings. The molecule has 0 bridgehead atoms. The van der Waals surface area contributed by atoms with Gasteiger partial charge in [-0.05, 0) is 45.2 Å². The Bertz CT molecular complexity index is 443. The highest BCUT2D eigenvalue weighted by molar-refractivity contribution is 5.81. The number of carboxylic acid groups (broad SMARTS) is 1. The third kappa shape index (κ3) is 2.63. The Morgan fingerprint density at radius 1 is 1.37 bits per heavy atom. The van der Waals surface area contributed by atoms with Gasteiger partial charge in [-0.25, -0.2) is 0 Å². The Morgan fingerprint density at radius 2 is 2.00 bits per heavy atom. The maximum absolute atomic E-state index is 11.8. The zero-order valence-electron chi connectivity index (χ0n) is 11.9. The summed E-state index contributed by atoms with van der Waals surface area (Å²) in [6.45, 7) is 8.13. The van der Waals surface area contributed by atoms with Crippen molar-refractivity contribution in [3.05, 3.63) is 30.1 Å². The van der Waals surface area contributed by atoms with Gasteiger partial charge in [0.1, 0.15) is 0 Å². The van der Waals surface area contributed by atoms with Gasteiger partial charge in [0.05, 0.1) is 5.41 Å². The quantitative estimate of drug-likeness (QED) is 0.888. The SMILES string of the molecule is CC(C)(C)N1CCC(C(=O)O)(c2cccnc2)CC1. The van der Waals surface area contributed by atoms with Gasteiger partial charge >= 0.3 is 5.97 Å². The Morgan fingerprint density at radius 3 is 2.42 bits per heavy atom. The van der Waals surface area contributed by atoms with Crippen LogP contribution in [0.1, 0.15) is 39.2 Å². The van der Waals surface area contributed by atoms with Crippen LogP contribution in [0, 0.1) is 0 Å². The minimum Gasteiger partial charge on any atom is -0.481 e. The maximum atomic E-state index is 11.8. The lowest BCUT2D eigenvalue weighted by Gasteiger charge is -2.44. The summed E-state index contributed by atoms with van der Waals surface area (Å²) < 4.78 is 0. The van der Waals surface area contributed by atoms with Gasteiger partial charge in [0, 0.05) is 31.0 Å². The highest BCUT2D eigenvalue weighted by Gasteiger charge is 2.44. The highest BCUT2D eigenvalue weighted by atomic mass is 16.4. The van der Waals surface area contributed by atoms with Gasteiger partial charge in [-0.1, -0.05) is 6.07 Å². The van der Waals surface area contributed by atoms with E-state index < -0.39 is 11.4 Å². The molecule has 1 fully saturated rings. The summed E-state index contributed by atoms with van der Waals surface area (Å²) in [6, 6.07) is 3.70. The number of pyridine rings is 1. The fourth-order valence-electron chi connectivity index (χ4n) is 2.83. The van der Waals surface area contributed by atoms with E-state index in [2.05, 4.69) is 30.7 Å². The second-order valence-electron chi connectivity index (χ2n) is 6.29. The molecule has 0 amide bonds. The number of aromatic nitrogens is 1. The molecule has 1 saturated heterocycles. The first-order valence-corrected chi connectivity index (χ1v) is 6.75. The third-order valence-electron chi connectivity index (χ3n) is 4.19. The summed E-state index contributed by atoms with van der Waals surface area (Å²) in [4.78, 5) is 18.2. The molecular weight excluding hydrogens is 240 g/mol. The summed E-state index contributed by atoms with van der Waals surface area (Å²) in [5, 5.41) is 9.68. The lowest BCUT2D eigenvalue weighted by molar-refractivity contribution is -0.146. The van der Waals surface area contributed by atoms with E-state index in [0.717, 1.165) is 18.7 Å². The second kappa shape index (κ2) is 4.93. The van der Waals surface area contributed by atoms with Gasteiger partial charge in [-0.3, -0.25) is 14.7 Å². The van der Waals surface area contributed by atoms with Gasteiger partial charge in [-0.15, -0.1) is 0 Å². The van der Waals surface area contributed by atoms with Crippen molar-refractivity contribution in [1.82, 2.24) is 9.88 Å². The van der Waals surface area contributed by atoms with Crippen molar-refractivity contribution in [3.8, 4) is 0 Å². The van der Waals surface area contributed by atoms with Crippen LogP contribution >= 0.6 is 0 Å². The fourth-order valence-corrected chi connectivity index (χ4v) is 2.83.